The Morgan fingerprint density at radius 3 is 1.87 bits per heavy atom. The van der Waals surface area contributed by atoms with Crippen LogP contribution in [0.5, 0.6) is 0 Å². The molecule has 0 aliphatic carbocycles. The summed E-state index contributed by atoms with van der Waals surface area (Å²) in [5, 5.41) is 0. The van der Waals surface area contributed by atoms with Crippen molar-refractivity contribution in [3.8, 4) is 0 Å². The Morgan fingerprint density at radius 1 is 0.609 bits per heavy atom. The third kappa shape index (κ3) is 4.17. The van der Waals surface area contributed by atoms with Gasteiger partial charge in [-0.1, -0.05) is 78.5 Å². The van der Waals surface area contributed by atoms with E-state index >= 15 is 0 Å². The number of halogens is 2. The monoisotopic (exact) mass is 444 g/mol. The molecule has 3 rings (SSSR count). The highest BCUT2D eigenvalue weighted by atomic mass is 79.9. The predicted molar refractivity (Wildman–Crippen MR) is 108 cm³/mol. The lowest BCUT2D eigenvalue weighted by molar-refractivity contribution is 1.38. The molecule has 23 heavy (non-hydrogen) atoms. The topological polar surface area (TPSA) is 0 Å². The maximum atomic E-state index is 3.77. The summed E-state index contributed by atoms with van der Waals surface area (Å²) >= 11 is 9.27. The molecule has 0 aliphatic heterocycles. The third-order valence-electron chi connectivity index (χ3n) is 3.31. The molecular formula is C20H14Br2S. The van der Waals surface area contributed by atoms with Gasteiger partial charge in [-0.3, -0.25) is 0 Å². The Bertz CT molecular complexity index is 811. The lowest BCUT2D eigenvalue weighted by Gasteiger charge is -2.11. The van der Waals surface area contributed by atoms with Gasteiger partial charge < -0.3 is 0 Å². The fourth-order valence-corrected chi connectivity index (χ4v) is 4.34. The van der Waals surface area contributed by atoms with Gasteiger partial charge in [-0.2, -0.15) is 0 Å². The molecule has 0 saturated carbocycles. The van der Waals surface area contributed by atoms with E-state index in [1.165, 1.54) is 15.4 Å². The quantitative estimate of drug-likeness (QED) is 0.375. The molecule has 114 valence electrons. The summed E-state index contributed by atoms with van der Waals surface area (Å²) in [4.78, 5) is 2.45. The van der Waals surface area contributed by atoms with Crippen molar-refractivity contribution in [2.24, 2.45) is 0 Å². The first-order valence-corrected chi connectivity index (χ1v) is 9.59. The van der Waals surface area contributed by atoms with E-state index in [0.29, 0.717) is 0 Å². The summed E-state index contributed by atoms with van der Waals surface area (Å²) in [6, 6.07) is 29.2. The van der Waals surface area contributed by atoms with E-state index in [1.54, 1.807) is 11.8 Å². The molecule has 0 saturated heterocycles. The zero-order valence-electron chi connectivity index (χ0n) is 12.2. The second-order valence-electron chi connectivity index (χ2n) is 4.91. The maximum absolute atomic E-state index is 3.77. The standard InChI is InChI=1S/C20H14Br2S/c21-19(15-9-3-1-4-10-15)20(22)17-13-7-8-14-18(17)23-16-11-5-2-6-12-16/h1-14H/b20-19+. The SMILES string of the molecule is Br/C(=C(/Br)c1ccccc1Sc1ccccc1)c1ccccc1. The van der Waals surface area contributed by atoms with Crippen LogP contribution in [0.1, 0.15) is 11.1 Å². The summed E-state index contributed by atoms with van der Waals surface area (Å²) in [7, 11) is 0. The van der Waals surface area contributed by atoms with Crippen molar-refractivity contribution in [1.82, 2.24) is 0 Å². The molecule has 0 N–H and O–H groups in total. The smallest absolute Gasteiger partial charge is 0.0407 e. The van der Waals surface area contributed by atoms with Crippen molar-refractivity contribution < 1.29 is 0 Å². The minimum atomic E-state index is 1.05. The van der Waals surface area contributed by atoms with Gasteiger partial charge in [-0.25, -0.2) is 0 Å². The molecule has 0 radical (unpaired) electrons. The first-order valence-electron chi connectivity index (χ1n) is 7.18. The summed E-state index contributed by atoms with van der Waals surface area (Å²) in [5.74, 6) is 0. The van der Waals surface area contributed by atoms with Gasteiger partial charge in [0, 0.05) is 24.3 Å². The number of benzene rings is 3. The molecule has 3 aromatic carbocycles. The molecular weight excluding hydrogens is 432 g/mol. The lowest BCUT2D eigenvalue weighted by Crippen LogP contribution is -1.86. The first-order chi connectivity index (χ1) is 11.3. The van der Waals surface area contributed by atoms with E-state index in [4.69, 9.17) is 0 Å². The van der Waals surface area contributed by atoms with Gasteiger partial charge in [0.15, 0.2) is 0 Å². The van der Waals surface area contributed by atoms with Crippen molar-refractivity contribution >= 4 is 52.6 Å². The molecule has 0 aromatic heterocycles. The summed E-state index contributed by atoms with van der Waals surface area (Å²) in [5.41, 5.74) is 2.33. The number of hydrogen-bond acceptors (Lipinski definition) is 1. The fraction of sp³-hybridized carbons (Fsp3) is 0. The van der Waals surface area contributed by atoms with Crippen LogP contribution in [0, 0.1) is 0 Å². The fourth-order valence-electron chi connectivity index (χ4n) is 2.18. The lowest BCUT2D eigenvalue weighted by atomic mass is 10.1. The van der Waals surface area contributed by atoms with Crippen LogP contribution in [0.25, 0.3) is 8.96 Å². The molecule has 0 aliphatic rings. The van der Waals surface area contributed by atoms with E-state index in [0.717, 1.165) is 14.5 Å². The Balaban J connectivity index is 2.00. The van der Waals surface area contributed by atoms with Crippen LogP contribution in [0.2, 0.25) is 0 Å². The van der Waals surface area contributed by atoms with E-state index in [1.807, 2.05) is 24.3 Å². The van der Waals surface area contributed by atoms with Crippen molar-refractivity contribution in [3.05, 3.63) is 96.1 Å². The van der Waals surface area contributed by atoms with E-state index in [9.17, 15) is 0 Å². The predicted octanol–water partition coefficient (Wildman–Crippen LogP) is 7.45. The maximum Gasteiger partial charge on any atom is 0.0407 e. The highest BCUT2D eigenvalue weighted by Gasteiger charge is 2.11. The summed E-state index contributed by atoms with van der Waals surface area (Å²) in [6.45, 7) is 0. The van der Waals surface area contributed by atoms with Crippen LogP contribution in [0.3, 0.4) is 0 Å². The molecule has 3 heteroatoms. The summed E-state index contributed by atoms with van der Waals surface area (Å²) in [6.07, 6.45) is 0. The van der Waals surface area contributed by atoms with Gasteiger partial charge in [0.05, 0.1) is 0 Å². The van der Waals surface area contributed by atoms with Gasteiger partial charge >= 0.3 is 0 Å². The van der Waals surface area contributed by atoms with Crippen LogP contribution >= 0.6 is 43.6 Å². The third-order valence-corrected chi connectivity index (χ3v) is 6.61. The van der Waals surface area contributed by atoms with E-state index in [2.05, 4.69) is 92.5 Å². The molecule has 0 nitrogen and oxygen atoms in total. The van der Waals surface area contributed by atoms with Crippen LogP contribution in [0.4, 0.5) is 0 Å². The minimum Gasteiger partial charge on any atom is -0.0894 e. The Kier molecular flexibility index (Phi) is 5.76. The van der Waals surface area contributed by atoms with Crippen LogP contribution in [-0.4, -0.2) is 0 Å². The van der Waals surface area contributed by atoms with Gasteiger partial charge in [0.25, 0.3) is 0 Å². The molecule has 0 spiro atoms. The highest BCUT2D eigenvalue weighted by Crippen LogP contribution is 2.41. The van der Waals surface area contributed by atoms with Crippen LogP contribution in [0.15, 0.2) is 94.7 Å². The van der Waals surface area contributed by atoms with Gasteiger partial charge in [0.2, 0.25) is 0 Å². The zero-order valence-corrected chi connectivity index (χ0v) is 16.2. The van der Waals surface area contributed by atoms with Crippen LogP contribution < -0.4 is 0 Å². The molecule has 0 atom stereocenters. The first kappa shape index (κ1) is 16.6. The zero-order chi connectivity index (χ0) is 16.1. The van der Waals surface area contributed by atoms with Gasteiger partial charge in [-0.15, -0.1) is 0 Å². The minimum absolute atomic E-state index is 1.05. The Labute approximate surface area is 157 Å². The van der Waals surface area contributed by atoms with E-state index < -0.39 is 0 Å². The Morgan fingerprint density at radius 2 is 1.17 bits per heavy atom. The molecule has 0 heterocycles. The van der Waals surface area contributed by atoms with Crippen molar-refractivity contribution in [2.75, 3.05) is 0 Å². The molecule has 0 fully saturated rings. The van der Waals surface area contributed by atoms with Gasteiger partial charge in [0.1, 0.15) is 0 Å². The number of rotatable bonds is 4. The van der Waals surface area contributed by atoms with Crippen LogP contribution in [-0.2, 0) is 0 Å². The van der Waals surface area contributed by atoms with Crippen molar-refractivity contribution in [3.63, 3.8) is 0 Å². The highest BCUT2D eigenvalue weighted by molar-refractivity contribution is 9.18. The summed E-state index contributed by atoms with van der Waals surface area (Å²) < 4.78 is 2.11. The van der Waals surface area contributed by atoms with Gasteiger partial charge in [-0.05, 0) is 55.6 Å². The second kappa shape index (κ2) is 8.00. The molecule has 0 unspecified atom stereocenters. The number of hydrogen-bond donors (Lipinski definition) is 0. The van der Waals surface area contributed by atoms with Crippen molar-refractivity contribution in [2.45, 2.75) is 9.79 Å². The normalized spacial score (nSPS) is 11.9. The van der Waals surface area contributed by atoms with Crippen molar-refractivity contribution in [1.29, 1.82) is 0 Å². The molecule has 3 aromatic rings. The Hall–Kier alpha value is -1.29. The van der Waals surface area contributed by atoms with E-state index in [-0.39, 0.29) is 0 Å². The average molecular weight is 446 g/mol. The second-order valence-corrected chi connectivity index (χ2v) is 7.61. The average Bonchev–Trinajstić information content (AvgIpc) is 2.62. The molecule has 0 bridgehead atoms. The largest absolute Gasteiger partial charge is 0.0894 e. The molecule has 0 amide bonds.